The summed E-state index contributed by atoms with van der Waals surface area (Å²) in [7, 11) is -2.65. The summed E-state index contributed by atoms with van der Waals surface area (Å²) in [6.45, 7) is 7.25. The Morgan fingerprint density at radius 3 is 2.20 bits per heavy atom. The van der Waals surface area contributed by atoms with Crippen LogP contribution in [0, 0.1) is 6.92 Å². The first-order chi connectivity index (χ1) is 19.1. The van der Waals surface area contributed by atoms with Crippen molar-refractivity contribution < 1.29 is 22.7 Å². The predicted molar refractivity (Wildman–Crippen MR) is 158 cm³/mol. The summed E-state index contributed by atoms with van der Waals surface area (Å²) in [6.07, 6.45) is 1.11. The van der Waals surface area contributed by atoms with Gasteiger partial charge in [-0.15, -0.1) is 0 Å². The number of benzene rings is 3. The molecule has 1 N–H and O–H groups in total. The highest BCUT2D eigenvalue weighted by atomic mass is 32.2. The van der Waals surface area contributed by atoms with Gasteiger partial charge in [-0.25, -0.2) is 8.42 Å². The van der Waals surface area contributed by atoms with Crippen molar-refractivity contribution in [2.45, 2.75) is 64.1 Å². The van der Waals surface area contributed by atoms with Crippen LogP contribution < -0.4 is 14.4 Å². The molecule has 0 aliphatic heterocycles. The van der Waals surface area contributed by atoms with Crippen molar-refractivity contribution in [2.24, 2.45) is 0 Å². The van der Waals surface area contributed by atoms with Crippen LogP contribution in [0.4, 0.5) is 5.69 Å². The number of ether oxygens (including phenoxy) is 1. The molecule has 0 saturated carbocycles. The molecule has 2 atom stereocenters. The zero-order valence-electron chi connectivity index (χ0n) is 23.8. The smallest absolute Gasteiger partial charge is 0.264 e. The summed E-state index contributed by atoms with van der Waals surface area (Å²) in [5.74, 6) is -0.307. The molecule has 0 aliphatic carbocycles. The topological polar surface area (TPSA) is 96.0 Å². The molecule has 3 aromatic rings. The van der Waals surface area contributed by atoms with E-state index in [2.05, 4.69) is 5.32 Å². The van der Waals surface area contributed by atoms with E-state index in [4.69, 9.17) is 4.74 Å². The van der Waals surface area contributed by atoms with Crippen molar-refractivity contribution >= 4 is 27.5 Å². The Hall–Kier alpha value is -3.85. The molecule has 9 heteroatoms. The molecule has 0 saturated heterocycles. The molecule has 0 unspecified atom stereocenters. The van der Waals surface area contributed by atoms with Crippen molar-refractivity contribution in [2.75, 3.05) is 18.0 Å². The summed E-state index contributed by atoms with van der Waals surface area (Å²) in [6, 6.07) is 21.6. The summed E-state index contributed by atoms with van der Waals surface area (Å²) in [4.78, 5) is 28.9. The molecule has 214 valence electrons. The van der Waals surface area contributed by atoms with Crippen molar-refractivity contribution in [1.29, 1.82) is 0 Å². The standard InChI is InChI=1S/C31H39N3O5S/c1-6-24(4)32-31(36)29(7-2)33(21-25-12-9-8-10-13-25)30(35)22-34(26-14-11-15-27(20-26)39-5)40(37,38)28-18-16-23(3)17-19-28/h8-20,24,29H,6-7,21-22H2,1-5H3,(H,32,36)/t24-,29+/m1/s1. The van der Waals surface area contributed by atoms with Gasteiger partial charge >= 0.3 is 0 Å². The third-order valence-electron chi connectivity index (χ3n) is 6.81. The van der Waals surface area contributed by atoms with Crippen LogP contribution in [0.3, 0.4) is 0 Å². The Bertz CT molecular complexity index is 1380. The summed E-state index contributed by atoms with van der Waals surface area (Å²) >= 11 is 0. The number of carbonyl (C=O) groups is 2. The van der Waals surface area contributed by atoms with E-state index >= 15 is 0 Å². The summed E-state index contributed by atoms with van der Waals surface area (Å²) in [5, 5.41) is 2.98. The lowest BCUT2D eigenvalue weighted by atomic mass is 10.1. The maximum atomic E-state index is 14.1. The number of aryl methyl sites for hydroxylation is 1. The van der Waals surface area contributed by atoms with Gasteiger partial charge in [-0.1, -0.05) is 67.9 Å². The zero-order chi connectivity index (χ0) is 29.3. The number of methoxy groups -OCH3 is 1. The molecule has 0 bridgehead atoms. The van der Waals surface area contributed by atoms with Crippen LogP contribution in [0.5, 0.6) is 5.75 Å². The Morgan fingerprint density at radius 1 is 0.925 bits per heavy atom. The molecule has 3 aromatic carbocycles. The minimum absolute atomic E-state index is 0.0601. The third-order valence-corrected chi connectivity index (χ3v) is 8.60. The summed E-state index contributed by atoms with van der Waals surface area (Å²) in [5.41, 5.74) is 2.03. The lowest BCUT2D eigenvalue weighted by Gasteiger charge is -2.33. The van der Waals surface area contributed by atoms with E-state index < -0.39 is 28.5 Å². The number of nitrogens with one attached hydrogen (secondary N) is 1. The highest BCUT2D eigenvalue weighted by molar-refractivity contribution is 7.92. The van der Waals surface area contributed by atoms with Gasteiger partial charge in [-0.2, -0.15) is 0 Å². The first-order valence-electron chi connectivity index (χ1n) is 13.5. The molecule has 8 nitrogen and oxygen atoms in total. The molecule has 0 fully saturated rings. The van der Waals surface area contributed by atoms with Crippen LogP contribution in [0.25, 0.3) is 0 Å². The predicted octanol–water partition coefficient (Wildman–Crippen LogP) is 4.92. The fourth-order valence-electron chi connectivity index (χ4n) is 4.27. The van der Waals surface area contributed by atoms with Crippen molar-refractivity contribution in [3.05, 3.63) is 90.0 Å². The van der Waals surface area contributed by atoms with Crippen molar-refractivity contribution in [1.82, 2.24) is 10.2 Å². The number of sulfonamides is 1. The van der Waals surface area contributed by atoms with Gasteiger partial charge in [-0.3, -0.25) is 13.9 Å². The average Bonchev–Trinajstić information content (AvgIpc) is 2.96. The van der Waals surface area contributed by atoms with Crippen LogP contribution in [0.1, 0.15) is 44.7 Å². The Labute approximate surface area is 238 Å². The zero-order valence-corrected chi connectivity index (χ0v) is 24.6. The van der Waals surface area contributed by atoms with Crippen LogP contribution in [-0.2, 0) is 26.2 Å². The van der Waals surface area contributed by atoms with Crippen LogP contribution in [0.2, 0.25) is 0 Å². The summed E-state index contributed by atoms with van der Waals surface area (Å²) < 4.78 is 34.3. The minimum atomic E-state index is -4.14. The largest absolute Gasteiger partial charge is 0.497 e. The molecule has 0 aliphatic rings. The second kappa shape index (κ2) is 14.0. The van der Waals surface area contributed by atoms with E-state index in [0.717, 1.165) is 21.9 Å². The van der Waals surface area contributed by atoms with Gasteiger partial charge < -0.3 is 15.0 Å². The maximum absolute atomic E-state index is 14.1. The van der Waals surface area contributed by atoms with E-state index in [-0.39, 0.29) is 29.1 Å². The van der Waals surface area contributed by atoms with Gasteiger partial charge in [0.25, 0.3) is 10.0 Å². The highest BCUT2D eigenvalue weighted by Crippen LogP contribution is 2.28. The molecule has 0 heterocycles. The van der Waals surface area contributed by atoms with E-state index in [1.54, 1.807) is 36.4 Å². The van der Waals surface area contributed by atoms with Crippen molar-refractivity contribution in [3.8, 4) is 5.75 Å². The van der Waals surface area contributed by atoms with Gasteiger partial charge in [-0.05, 0) is 56.5 Å². The lowest BCUT2D eigenvalue weighted by molar-refractivity contribution is -0.140. The maximum Gasteiger partial charge on any atom is 0.264 e. The fourth-order valence-corrected chi connectivity index (χ4v) is 5.68. The Balaban J connectivity index is 2.06. The van der Waals surface area contributed by atoms with Crippen molar-refractivity contribution in [3.63, 3.8) is 0 Å². The van der Waals surface area contributed by atoms with E-state index in [0.29, 0.717) is 12.2 Å². The Morgan fingerprint density at radius 2 is 1.60 bits per heavy atom. The van der Waals surface area contributed by atoms with Gasteiger partial charge in [0.1, 0.15) is 18.3 Å². The van der Waals surface area contributed by atoms with Gasteiger partial charge in [0.2, 0.25) is 11.8 Å². The fraction of sp³-hybridized carbons (Fsp3) is 0.355. The first kappa shape index (κ1) is 30.7. The molecular weight excluding hydrogens is 526 g/mol. The number of nitrogens with zero attached hydrogens (tertiary/aromatic N) is 2. The van der Waals surface area contributed by atoms with E-state index in [9.17, 15) is 18.0 Å². The molecule has 0 spiro atoms. The number of rotatable bonds is 13. The molecule has 0 radical (unpaired) electrons. The number of carbonyl (C=O) groups excluding carboxylic acids is 2. The van der Waals surface area contributed by atoms with Crippen LogP contribution >= 0.6 is 0 Å². The highest BCUT2D eigenvalue weighted by Gasteiger charge is 2.34. The second-order valence-electron chi connectivity index (χ2n) is 9.78. The molecular formula is C31H39N3O5S. The van der Waals surface area contributed by atoms with Gasteiger partial charge in [0.15, 0.2) is 0 Å². The van der Waals surface area contributed by atoms with Crippen LogP contribution in [0.15, 0.2) is 83.8 Å². The number of hydrogen-bond donors (Lipinski definition) is 1. The second-order valence-corrected chi connectivity index (χ2v) is 11.6. The normalized spacial score (nSPS) is 12.7. The van der Waals surface area contributed by atoms with E-state index in [1.165, 1.54) is 24.1 Å². The quantitative estimate of drug-likeness (QED) is 0.317. The van der Waals surface area contributed by atoms with E-state index in [1.807, 2.05) is 58.0 Å². The third kappa shape index (κ3) is 7.63. The SMILES string of the molecule is CC[C@@H](C)NC(=O)[C@H](CC)N(Cc1ccccc1)C(=O)CN(c1cccc(OC)c1)S(=O)(=O)c1ccc(C)cc1. The lowest BCUT2D eigenvalue weighted by Crippen LogP contribution is -2.53. The number of amides is 2. The molecule has 3 rings (SSSR count). The monoisotopic (exact) mass is 565 g/mol. The number of hydrogen-bond acceptors (Lipinski definition) is 5. The number of anilines is 1. The minimum Gasteiger partial charge on any atom is -0.497 e. The Kier molecular flexibility index (Phi) is 10.7. The van der Waals surface area contributed by atoms with Crippen LogP contribution in [-0.4, -0.2) is 50.9 Å². The first-order valence-corrected chi connectivity index (χ1v) is 14.9. The molecule has 40 heavy (non-hydrogen) atoms. The molecule has 2 amide bonds. The van der Waals surface area contributed by atoms with Gasteiger partial charge in [0.05, 0.1) is 17.7 Å². The molecule has 0 aromatic heterocycles. The average molecular weight is 566 g/mol. The van der Waals surface area contributed by atoms with Gasteiger partial charge in [0, 0.05) is 18.7 Å².